The normalized spacial score (nSPS) is 11.3. The summed E-state index contributed by atoms with van der Waals surface area (Å²) in [5.41, 5.74) is 1.51. The van der Waals surface area contributed by atoms with Crippen molar-refractivity contribution in [2.45, 2.75) is 6.92 Å². The zero-order valence-corrected chi connectivity index (χ0v) is 15.1. The Kier molecular flexibility index (Phi) is 8.89. The molecule has 0 heterocycles. The van der Waals surface area contributed by atoms with Gasteiger partial charge in [-0.1, -0.05) is 6.07 Å². The largest absolute Gasteiger partial charge is 0.493 e. The Labute approximate surface area is 143 Å². The monoisotopic (exact) mass is 337 g/mol. The Morgan fingerprint density at radius 3 is 2.08 bits per heavy atom. The first-order valence-corrected chi connectivity index (χ1v) is 7.74. The molecule has 1 rings (SSSR count). The van der Waals surface area contributed by atoms with E-state index >= 15 is 0 Å². The van der Waals surface area contributed by atoms with Crippen molar-refractivity contribution in [1.29, 1.82) is 0 Å². The summed E-state index contributed by atoms with van der Waals surface area (Å²) in [6.07, 6.45) is 1.83. The van der Waals surface area contributed by atoms with Crippen LogP contribution in [-0.2, 0) is 14.3 Å². The number of amides is 1. The minimum atomic E-state index is -0.0427. The molecule has 6 nitrogen and oxygen atoms in total. The fourth-order valence-corrected chi connectivity index (χ4v) is 2.22. The van der Waals surface area contributed by atoms with E-state index in [1.54, 1.807) is 40.3 Å². The van der Waals surface area contributed by atoms with Crippen LogP contribution in [0.1, 0.15) is 12.5 Å². The van der Waals surface area contributed by atoms with E-state index in [0.29, 0.717) is 43.4 Å². The van der Waals surface area contributed by atoms with Gasteiger partial charge in [-0.2, -0.15) is 0 Å². The third kappa shape index (κ3) is 5.86. The average molecular weight is 337 g/mol. The molecule has 134 valence electrons. The molecule has 0 saturated heterocycles. The molecule has 1 aromatic carbocycles. The van der Waals surface area contributed by atoms with Gasteiger partial charge in [0, 0.05) is 32.9 Å². The van der Waals surface area contributed by atoms with Crippen molar-refractivity contribution in [2.24, 2.45) is 0 Å². The molecular weight excluding hydrogens is 310 g/mol. The van der Waals surface area contributed by atoms with Crippen LogP contribution < -0.4 is 9.47 Å². The lowest BCUT2D eigenvalue weighted by molar-refractivity contribution is -0.128. The van der Waals surface area contributed by atoms with Crippen molar-refractivity contribution in [3.8, 4) is 11.5 Å². The Morgan fingerprint density at radius 2 is 1.58 bits per heavy atom. The molecule has 24 heavy (non-hydrogen) atoms. The van der Waals surface area contributed by atoms with E-state index < -0.39 is 0 Å². The number of hydrogen-bond donors (Lipinski definition) is 0. The van der Waals surface area contributed by atoms with E-state index in [4.69, 9.17) is 18.9 Å². The first-order chi connectivity index (χ1) is 11.6. The summed E-state index contributed by atoms with van der Waals surface area (Å²) in [6, 6.07) is 5.53. The van der Waals surface area contributed by atoms with Crippen LogP contribution in [-0.4, -0.2) is 65.5 Å². The number of rotatable bonds is 10. The Hall–Kier alpha value is -2.05. The highest BCUT2D eigenvalue weighted by Gasteiger charge is 2.15. The lowest BCUT2D eigenvalue weighted by atomic mass is 10.1. The van der Waals surface area contributed by atoms with Gasteiger partial charge in [-0.25, -0.2) is 0 Å². The fourth-order valence-electron chi connectivity index (χ4n) is 2.22. The number of hydrogen-bond acceptors (Lipinski definition) is 5. The smallest absolute Gasteiger partial charge is 0.249 e. The van der Waals surface area contributed by atoms with Crippen molar-refractivity contribution in [3.63, 3.8) is 0 Å². The molecule has 1 amide bonds. The summed E-state index contributed by atoms with van der Waals surface area (Å²) >= 11 is 0. The van der Waals surface area contributed by atoms with Gasteiger partial charge in [-0.15, -0.1) is 0 Å². The maximum absolute atomic E-state index is 12.6. The number of benzene rings is 1. The molecule has 1 aromatic rings. The molecule has 0 spiro atoms. The van der Waals surface area contributed by atoms with Crippen molar-refractivity contribution >= 4 is 12.0 Å². The fraction of sp³-hybridized carbons (Fsp3) is 0.500. The van der Waals surface area contributed by atoms with Crippen molar-refractivity contribution in [1.82, 2.24) is 4.90 Å². The highest BCUT2D eigenvalue weighted by atomic mass is 16.5. The van der Waals surface area contributed by atoms with E-state index in [0.717, 1.165) is 5.56 Å². The van der Waals surface area contributed by atoms with Crippen LogP contribution in [0.15, 0.2) is 23.8 Å². The highest BCUT2D eigenvalue weighted by Crippen LogP contribution is 2.28. The van der Waals surface area contributed by atoms with E-state index in [2.05, 4.69) is 0 Å². The second-order valence-electron chi connectivity index (χ2n) is 5.22. The molecule has 0 radical (unpaired) electrons. The van der Waals surface area contributed by atoms with Crippen molar-refractivity contribution in [2.75, 3.05) is 54.7 Å². The van der Waals surface area contributed by atoms with Crippen LogP contribution in [0.3, 0.4) is 0 Å². The SMILES string of the molecule is COCCN(CCOC)C(=O)/C(C)=C/c1ccc(OC)c(OC)c1. The molecule has 0 aliphatic rings. The molecule has 0 N–H and O–H groups in total. The number of ether oxygens (including phenoxy) is 4. The van der Waals surface area contributed by atoms with Crippen molar-refractivity contribution < 1.29 is 23.7 Å². The van der Waals surface area contributed by atoms with E-state index in [1.165, 1.54) is 0 Å². The van der Waals surface area contributed by atoms with Gasteiger partial charge < -0.3 is 23.8 Å². The number of nitrogens with zero attached hydrogens (tertiary/aromatic N) is 1. The molecule has 0 aromatic heterocycles. The minimum absolute atomic E-state index is 0.0427. The van der Waals surface area contributed by atoms with Crippen LogP contribution in [0.4, 0.5) is 0 Å². The lowest BCUT2D eigenvalue weighted by Gasteiger charge is -2.22. The number of carbonyl (C=O) groups is 1. The quantitative estimate of drug-likeness (QED) is 0.613. The molecule has 0 atom stereocenters. The van der Waals surface area contributed by atoms with E-state index in [1.807, 2.05) is 24.3 Å². The maximum Gasteiger partial charge on any atom is 0.249 e. The summed E-state index contributed by atoms with van der Waals surface area (Å²) < 4.78 is 20.7. The average Bonchev–Trinajstić information content (AvgIpc) is 2.61. The van der Waals surface area contributed by atoms with Gasteiger partial charge in [0.1, 0.15) is 0 Å². The molecule has 0 aliphatic heterocycles. The predicted octanol–water partition coefficient (Wildman–Crippen LogP) is 2.23. The molecule has 0 fully saturated rings. The van der Waals surface area contributed by atoms with Crippen LogP contribution in [0.2, 0.25) is 0 Å². The second-order valence-corrected chi connectivity index (χ2v) is 5.22. The molecule has 0 aliphatic carbocycles. The summed E-state index contributed by atoms with van der Waals surface area (Å²) in [6.45, 7) is 3.81. The van der Waals surface area contributed by atoms with Crippen LogP contribution in [0.25, 0.3) is 6.08 Å². The Balaban J connectivity index is 2.93. The van der Waals surface area contributed by atoms with Gasteiger partial charge in [0.2, 0.25) is 5.91 Å². The van der Waals surface area contributed by atoms with Crippen LogP contribution in [0.5, 0.6) is 11.5 Å². The topological polar surface area (TPSA) is 57.2 Å². The maximum atomic E-state index is 12.6. The van der Waals surface area contributed by atoms with Gasteiger partial charge in [0.15, 0.2) is 11.5 Å². The second kappa shape index (κ2) is 10.7. The molecule has 0 unspecified atom stereocenters. The molecule has 6 heteroatoms. The first kappa shape index (κ1) is 20.0. The minimum Gasteiger partial charge on any atom is -0.493 e. The molecule has 0 bridgehead atoms. The standard InChI is InChI=1S/C18H27NO5/c1-14(18(20)19(8-10-21-2)9-11-22-3)12-15-6-7-16(23-4)17(13-15)24-5/h6-7,12-13H,8-11H2,1-5H3/b14-12+. The summed E-state index contributed by atoms with van der Waals surface area (Å²) in [7, 11) is 6.41. The first-order valence-electron chi connectivity index (χ1n) is 7.74. The van der Waals surface area contributed by atoms with Crippen molar-refractivity contribution in [3.05, 3.63) is 29.3 Å². The summed E-state index contributed by atoms with van der Waals surface area (Å²) in [5, 5.41) is 0. The molecular formula is C18H27NO5. The third-order valence-corrected chi connectivity index (χ3v) is 3.55. The van der Waals surface area contributed by atoms with Gasteiger partial charge >= 0.3 is 0 Å². The van der Waals surface area contributed by atoms with Gasteiger partial charge in [-0.05, 0) is 30.7 Å². The Bertz CT molecular complexity index is 548. The Morgan fingerprint density at radius 1 is 1.00 bits per heavy atom. The number of carbonyl (C=O) groups excluding carboxylic acids is 1. The highest BCUT2D eigenvalue weighted by molar-refractivity contribution is 5.97. The van der Waals surface area contributed by atoms with Crippen LogP contribution in [0, 0.1) is 0 Å². The number of methoxy groups -OCH3 is 4. The third-order valence-electron chi connectivity index (χ3n) is 3.55. The van der Waals surface area contributed by atoms with Gasteiger partial charge in [0.25, 0.3) is 0 Å². The summed E-state index contributed by atoms with van der Waals surface area (Å²) in [4.78, 5) is 14.3. The zero-order valence-electron chi connectivity index (χ0n) is 15.1. The van der Waals surface area contributed by atoms with Gasteiger partial charge in [-0.3, -0.25) is 4.79 Å². The zero-order chi connectivity index (χ0) is 17.9. The lowest BCUT2D eigenvalue weighted by Crippen LogP contribution is -2.36. The van der Waals surface area contributed by atoms with Crippen LogP contribution >= 0.6 is 0 Å². The predicted molar refractivity (Wildman–Crippen MR) is 93.5 cm³/mol. The molecule has 0 saturated carbocycles. The van der Waals surface area contributed by atoms with E-state index in [-0.39, 0.29) is 5.91 Å². The summed E-state index contributed by atoms with van der Waals surface area (Å²) in [5.74, 6) is 1.24. The van der Waals surface area contributed by atoms with Gasteiger partial charge in [0.05, 0.1) is 27.4 Å². The van der Waals surface area contributed by atoms with E-state index in [9.17, 15) is 4.79 Å².